The lowest BCUT2D eigenvalue weighted by atomic mass is 10.1. The van der Waals surface area contributed by atoms with E-state index in [1.807, 2.05) is 31.2 Å². The molecule has 4 N–H and O–H groups in total. The van der Waals surface area contributed by atoms with Crippen LogP contribution in [0.15, 0.2) is 29.3 Å². The van der Waals surface area contributed by atoms with Crippen LogP contribution in [0.1, 0.15) is 9.88 Å². The number of nitrogens with two attached hydrogens (primary N) is 2. The van der Waals surface area contributed by atoms with Gasteiger partial charge in [0, 0.05) is 15.5 Å². The van der Waals surface area contributed by atoms with Gasteiger partial charge in [-0.1, -0.05) is 23.7 Å². The quantitative estimate of drug-likeness (QED) is 0.651. The lowest BCUT2D eigenvalue weighted by molar-refractivity contribution is 1.03. The molecule has 0 unspecified atom stereocenters. The fourth-order valence-corrected chi connectivity index (χ4v) is 2.56. The summed E-state index contributed by atoms with van der Waals surface area (Å²) in [5.41, 5.74) is 12.6. The first-order chi connectivity index (χ1) is 8.56. The van der Waals surface area contributed by atoms with Crippen molar-refractivity contribution in [3.63, 3.8) is 0 Å². The molecule has 0 fully saturated rings. The van der Waals surface area contributed by atoms with Crippen LogP contribution in [0.25, 0.3) is 11.3 Å². The first-order valence-corrected chi connectivity index (χ1v) is 6.53. The van der Waals surface area contributed by atoms with Gasteiger partial charge in [-0.15, -0.1) is 28.3 Å². The molecule has 1 aromatic heterocycles. The Balaban J connectivity index is 0.00000180. The second-order valence-electron chi connectivity index (χ2n) is 3.76. The molecule has 0 amide bonds. The van der Waals surface area contributed by atoms with Crippen LogP contribution < -0.4 is 11.5 Å². The Morgan fingerprint density at radius 3 is 2.53 bits per heavy atom. The Kier molecular flexibility index (Phi) is 5.78. The molecular weight excluding hydrogens is 348 g/mol. The summed E-state index contributed by atoms with van der Waals surface area (Å²) in [4.78, 5) is 9.63. The van der Waals surface area contributed by atoms with Gasteiger partial charge >= 0.3 is 0 Å². The van der Waals surface area contributed by atoms with E-state index in [1.165, 1.54) is 0 Å². The number of guanidine groups is 1. The van der Waals surface area contributed by atoms with Crippen molar-refractivity contribution in [2.75, 3.05) is 0 Å². The number of nitrogens with zero attached hydrogens (tertiary/aromatic N) is 2. The minimum atomic E-state index is 0. The topological polar surface area (TPSA) is 77.3 Å². The number of benzene rings is 1. The van der Waals surface area contributed by atoms with Crippen molar-refractivity contribution in [3.05, 3.63) is 39.2 Å². The molecule has 0 spiro atoms. The summed E-state index contributed by atoms with van der Waals surface area (Å²) >= 11 is 7.46. The fraction of sp³-hybridized carbons (Fsp3) is 0.167. The number of aliphatic imine (C=N–C) groups is 1. The Morgan fingerprint density at radius 1 is 1.32 bits per heavy atom. The zero-order valence-corrected chi connectivity index (χ0v) is 13.5. The van der Waals surface area contributed by atoms with Crippen LogP contribution in [0.4, 0.5) is 0 Å². The van der Waals surface area contributed by atoms with Crippen molar-refractivity contribution in [2.45, 2.75) is 13.5 Å². The van der Waals surface area contributed by atoms with E-state index in [2.05, 4.69) is 9.98 Å². The van der Waals surface area contributed by atoms with Crippen LogP contribution in [-0.2, 0) is 6.54 Å². The highest BCUT2D eigenvalue weighted by Gasteiger charge is 2.09. The van der Waals surface area contributed by atoms with Crippen molar-refractivity contribution >= 4 is 45.9 Å². The van der Waals surface area contributed by atoms with Crippen LogP contribution in [0.3, 0.4) is 0 Å². The number of thiazole rings is 1. The van der Waals surface area contributed by atoms with E-state index in [0.29, 0.717) is 11.6 Å². The number of hydrogen-bond donors (Lipinski definition) is 2. The Morgan fingerprint density at radius 2 is 1.95 bits per heavy atom. The molecule has 1 aromatic carbocycles. The summed E-state index contributed by atoms with van der Waals surface area (Å²) in [5, 5.41) is 1.61. The standard InChI is InChI=1S/C12H13ClN4S.BrH/c1-7-11(8-2-4-9(13)5-3-8)17-10(18-7)6-16-12(14)15;/h2-5H,6H2,1H3,(H4,14,15,16);1H. The predicted molar refractivity (Wildman–Crippen MR) is 87.1 cm³/mol. The molecule has 0 atom stereocenters. The van der Waals surface area contributed by atoms with Crippen LogP contribution in [0.2, 0.25) is 5.02 Å². The van der Waals surface area contributed by atoms with Gasteiger partial charge in [0.05, 0.1) is 12.2 Å². The Labute approximate surface area is 131 Å². The van der Waals surface area contributed by atoms with E-state index in [4.69, 9.17) is 23.1 Å². The minimum Gasteiger partial charge on any atom is -0.370 e. The summed E-state index contributed by atoms with van der Waals surface area (Å²) in [6, 6.07) is 7.61. The fourth-order valence-electron chi connectivity index (χ4n) is 1.55. The lowest BCUT2D eigenvalue weighted by Gasteiger charge is -1.98. The van der Waals surface area contributed by atoms with E-state index in [1.54, 1.807) is 11.3 Å². The average molecular weight is 362 g/mol. The van der Waals surface area contributed by atoms with Gasteiger partial charge in [-0.05, 0) is 19.1 Å². The first kappa shape index (κ1) is 15.9. The van der Waals surface area contributed by atoms with Gasteiger partial charge in [-0.2, -0.15) is 0 Å². The van der Waals surface area contributed by atoms with Crippen LogP contribution >= 0.6 is 39.9 Å². The van der Waals surface area contributed by atoms with Crippen molar-refractivity contribution in [3.8, 4) is 11.3 Å². The molecule has 102 valence electrons. The normalized spacial score (nSPS) is 9.79. The molecule has 2 rings (SSSR count). The van der Waals surface area contributed by atoms with Crippen molar-refractivity contribution in [1.29, 1.82) is 0 Å². The third-order valence-electron chi connectivity index (χ3n) is 2.36. The molecule has 7 heteroatoms. The van der Waals surface area contributed by atoms with Crippen LogP contribution in [-0.4, -0.2) is 10.9 Å². The summed E-state index contributed by atoms with van der Waals surface area (Å²) in [6.07, 6.45) is 0. The van der Waals surface area contributed by atoms with Crippen LogP contribution in [0, 0.1) is 6.92 Å². The van der Waals surface area contributed by atoms with Crippen LogP contribution in [0.5, 0.6) is 0 Å². The molecule has 4 nitrogen and oxygen atoms in total. The van der Waals surface area contributed by atoms with Gasteiger partial charge in [0.1, 0.15) is 5.01 Å². The zero-order chi connectivity index (χ0) is 13.1. The maximum Gasteiger partial charge on any atom is 0.186 e. The van der Waals surface area contributed by atoms with Gasteiger partial charge < -0.3 is 11.5 Å². The van der Waals surface area contributed by atoms with Crippen molar-refractivity contribution in [1.82, 2.24) is 4.98 Å². The SMILES string of the molecule is Br.Cc1sc(CN=C(N)N)nc1-c1ccc(Cl)cc1. The second kappa shape index (κ2) is 6.88. The monoisotopic (exact) mass is 360 g/mol. The van der Waals surface area contributed by atoms with Gasteiger partial charge in [0.2, 0.25) is 0 Å². The second-order valence-corrected chi connectivity index (χ2v) is 5.48. The summed E-state index contributed by atoms with van der Waals surface area (Å²) in [7, 11) is 0. The van der Waals surface area contributed by atoms with E-state index >= 15 is 0 Å². The lowest BCUT2D eigenvalue weighted by Crippen LogP contribution is -2.22. The van der Waals surface area contributed by atoms with Gasteiger partial charge in [-0.3, -0.25) is 0 Å². The summed E-state index contributed by atoms with van der Waals surface area (Å²) in [5.74, 6) is 0.0795. The first-order valence-electron chi connectivity index (χ1n) is 5.34. The third-order valence-corrected chi connectivity index (χ3v) is 3.56. The molecule has 0 aliphatic rings. The summed E-state index contributed by atoms with van der Waals surface area (Å²) in [6.45, 7) is 2.45. The van der Waals surface area contributed by atoms with E-state index < -0.39 is 0 Å². The maximum atomic E-state index is 5.87. The van der Waals surface area contributed by atoms with Crippen molar-refractivity contribution in [2.24, 2.45) is 16.5 Å². The zero-order valence-electron chi connectivity index (χ0n) is 10.3. The number of halogens is 2. The van der Waals surface area contributed by atoms with Crippen molar-refractivity contribution < 1.29 is 0 Å². The van der Waals surface area contributed by atoms with E-state index in [-0.39, 0.29) is 22.9 Å². The van der Waals surface area contributed by atoms with Gasteiger partial charge in [0.25, 0.3) is 0 Å². The largest absolute Gasteiger partial charge is 0.370 e. The molecule has 1 heterocycles. The molecule has 0 aliphatic heterocycles. The number of hydrogen-bond acceptors (Lipinski definition) is 3. The third kappa shape index (κ3) is 4.19. The number of aromatic nitrogens is 1. The highest BCUT2D eigenvalue weighted by atomic mass is 79.9. The van der Waals surface area contributed by atoms with Gasteiger partial charge in [0.15, 0.2) is 5.96 Å². The predicted octanol–water partition coefficient (Wildman–Crippen LogP) is 3.12. The van der Waals surface area contributed by atoms with E-state index in [9.17, 15) is 0 Å². The highest BCUT2D eigenvalue weighted by molar-refractivity contribution is 8.93. The molecule has 0 saturated heterocycles. The Bertz CT molecular complexity index is 576. The molecule has 0 aliphatic carbocycles. The maximum absolute atomic E-state index is 5.87. The molecule has 0 saturated carbocycles. The van der Waals surface area contributed by atoms with Gasteiger partial charge in [-0.25, -0.2) is 9.98 Å². The average Bonchev–Trinajstić information content (AvgIpc) is 2.69. The molecule has 0 bridgehead atoms. The molecule has 19 heavy (non-hydrogen) atoms. The Hall–Kier alpha value is -1.11. The molecular formula is C12H14BrClN4S. The molecule has 0 radical (unpaired) electrons. The number of aryl methyl sites for hydroxylation is 1. The smallest absolute Gasteiger partial charge is 0.186 e. The summed E-state index contributed by atoms with van der Waals surface area (Å²) < 4.78 is 0. The number of rotatable bonds is 3. The minimum absolute atomic E-state index is 0. The highest BCUT2D eigenvalue weighted by Crippen LogP contribution is 2.28. The van der Waals surface area contributed by atoms with E-state index in [0.717, 1.165) is 21.1 Å². The molecule has 2 aromatic rings.